The number of aromatic nitrogens is 2. The Bertz CT molecular complexity index is 844. The van der Waals surface area contributed by atoms with E-state index >= 15 is 0 Å². The molecule has 0 saturated carbocycles. The molecule has 126 valence electrons. The van der Waals surface area contributed by atoms with Gasteiger partial charge in [0, 0.05) is 18.0 Å². The fourth-order valence-corrected chi connectivity index (χ4v) is 2.18. The van der Waals surface area contributed by atoms with Gasteiger partial charge in [-0.1, -0.05) is 12.1 Å². The van der Waals surface area contributed by atoms with Crippen LogP contribution in [0.3, 0.4) is 0 Å². The number of carbonyl (C=O) groups is 1. The van der Waals surface area contributed by atoms with E-state index in [0.29, 0.717) is 11.3 Å². The molecule has 1 aromatic heterocycles. The summed E-state index contributed by atoms with van der Waals surface area (Å²) in [5.41, 5.74) is 2.20. The predicted octanol–water partition coefficient (Wildman–Crippen LogP) is 3.73. The van der Waals surface area contributed by atoms with E-state index in [2.05, 4.69) is 14.7 Å². The highest BCUT2D eigenvalue weighted by Crippen LogP contribution is 2.23. The van der Waals surface area contributed by atoms with E-state index in [4.69, 9.17) is 9.47 Å². The van der Waals surface area contributed by atoms with Gasteiger partial charge in [-0.3, -0.25) is 0 Å². The highest BCUT2D eigenvalue weighted by Gasteiger charge is 2.07. The maximum Gasteiger partial charge on any atom is 0.337 e. The number of hydrogen-bond donors (Lipinski definition) is 0. The van der Waals surface area contributed by atoms with Gasteiger partial charge in [0.05, 0.1) is 19.8 Å². The van der Waals surface area contributed by atoms with Gasteiger partial charge in [-0.15, -0.1) is 0 Å². The average Bonchev–Trinajstić information content (AvgIpc) is 2.69. The number of carbonyl (C=O) groups excluding carboxylic acids is 1. The minimum Gasteiger partial charge on any atom is -0.497 e. The fourth-order valence-electron chi connectivity index (χ4n) is 2.18. The summed E-state index contributed by atoms with van der Waals surface area (Å²) in [6, 6.07) is 14.4. The lowest BCUT2D eigenvalue weighted by molar-refractivity contribution is 0.0601. The van der Waals surface area contributed by atoms with Crippen LogP contribution in [-0.4, -0.2) is 30.2 Å². The smallest absolute Gasteiger partial charge is 0.337 e. The zero-order valence-corrected chi connectivity index (χ0v) is 13.8. The molecule has 0 radical (unpaired) electrons. The van der Waals surface area contributed by atoms with Gasteiger partial charge < -0.3 is 14.2 Å². The molecule has 0 fully saturated rings. The van der Waals surface area contributed by atoms with Crippen molar-refractivity contribution in [3.05, 3.63) is 66.5 Å². The molecule has 0 aliphatic rings. The van der Waals surface area contributed by atoms with E-state index in [-0.39, 0.29) is 12.0 Å². The van der Waals surface area contributed by atoms with E-state index in [9.17, 15) is 4.79 Å². The van der Waals surface area contributed by atoms with Gasteiger partial charge in [0.2, 0.25) is 0 Å². The SMILES string of the molecule is COC(=O)c1ccc(-c2cnc(Oc3ccc(OC)cc3)nc2)cc1. The summed E-state index contributed by atoms with van der Waals surface area (Å²) in [6.45, 7) is 0. The van der Waals surface area contributed by atoms with Crippen LogP contribution in [0.25, 0.3) is 11.1 Å². The lowest BCUT2D eigenvalue weighted by atomic mass is 10.1. The van der Waals surface area contributed by atoms with Crippen LogP contribution in [0.5, 0.6) is 17.5 Å². The molecule has 0 unspecified atom stereocenters. The van der Waals surface area contributed by atoms with Crippen molar-refractivity contribution in [2.24, 2.45) is 0 Å². The Labute approximate surface area is 145 Å². The first-order valence-corrected chi connectivity index (χ1v) is 7.52. The zero-order chi connectivity index (χ0) is 17.6. The second kappa shape index (κ2) is 7.44. The van der Waals surface area contributed by atoms with E-state index in [0.717, 1.165) is 16.9 Å². The molecule has 0 aliphatic heterocycles. The number of benzene rings is 2. The summed E-state index contributed by atoms with van der Waals surface area (Å²) in [5.74, 6) is 1.00. The molecule has 2 aromatic carbocycles. The molecule has 0 amide bonds. The molecule has 0 atom stereocenters. The van der Waals surface area contributed by atoms with Gasteiger partial charge in [-0.05, 0) is 42.0 Å². The minimum atomic E-state index is -0.369. The Balaban J connectivity index is 1.72. The first-order chi connectivity index (χ1) is 12.2. The molecule has 25 heavy (non-hydrogen) atoms. The lowest BCUT2D eigenvalue weighted by Crippen LogP contribution is -2.00. The van der Waals surface area contributed by atoms with E-state index in [1.54, 1.807) is 55.9 Å². The topological polar surface area (TPSA) is 70.5 Å². The summed E-state index contributed by atoms with van der Waals surface area (Å²) < 4.78 is 15.4. The van der Waals surface area contributed by atoms with Crippen LogP contribution in [0.15, 0.2) is 60.9 Å². The number of rotatable bonds is 5. The van der Waals surface area contributed by atoms with Crippen molar-refractivity contribution in [1.29, 1.82) is 0 Å². The maximum atomic E-state index is 11.4. The molecule has 0 aliphatic carbocycles. The number of esters is 1. The van der Waals surface area contributed by atoms with E-state index < -0.39 is 0 Å². The minimum absolute atomic E-state index is 0.250. The van der Waals surface area contributed by atoms with Crippen molar-refractivity contribution >= 4 is 5.97 Å². The standard InChI is InChI=1S/C19H16N2O4/c1-23-16-7-9-17(10-8-16)25-19-20-11-15(12-21-19)13-3-5-14(6-4-13)18(22)24-2/h3-12H,1-2H3. The van der Waals surface area contributed by atoms with Crippen molar-refractivity contribution < 1.29 is 19.0 Å². The molecule has 3 aromatic rings. The molecular formula is C19H16N2O4. The number of hydrogen-bond acceptors (Lipinski definition) is 6. The Morgan fingerprint density at radius 1 is 0.800 bits per heavy atom. The quantitative estimate of drug-likeness (QED) is 0.661. The van der Waals surface area contributed by atoms with Crippen molar-refractivity contribution in [2.45, 2.75) is 0 Å². The number of methoxy groups -OCH3 is 2. The van der Waals surface area contributed by atoms with Gasteiger partial charge >= 0.3 is 12.0 Å². The average molecular weight is 336 g/mol. The van der Waals surface area contributed by atoms with Gasteiger partial charge in [0.1, 0.15) is 11.5 Å². The molecule has 0 N–H and O–H groups in total. The fraction of sp³-hybridized carbons (Fsp3) is 0.105. The molecule has 0 bridgehead atoms. The van der Waals surface area contributed by atoms with Crippen LogP contribution in [0.4, 0.5) is 0 Å². The van der Waals surface area contributed by atoms with Gasteiger partial charge in [0.15, 0.2) is 0 Å². The molecule has 3 rings (SSSR count). The number of ether oxygens (including phenoxy) is 3. The van der Waals surface area contributed by atoms with Crippen molar-refractivity contribution in [1.82, 2.24) is 9.97 Å². The Morgan fingerprint density at radius 2 is 1.40 bits per heavy atom. The van der Waals surface area contributed by atoms with Crippen molar-refractivity contribution in [3.63, 3.8) is 0 Å². The van der Waals surface area contributed by atoms with Crippen LogP contribution < -0.4 is 9.47 Å². The molecule has 6 heteroatoms. The van der Waals surface area contributed by atoms with Gasteiger partial charge in [-0.25, -0.2) is 14.8 Å². The zero-order valence-electron chi connectivity index (χ0n) is 13.8. The summed E-state index contributed by atoms with van der Waals surface area (Å²) in [4.78, 5) is 19.9. The second-order valence-electron chi connectivity index (χ2n) is 5.10. The van der Waals surface area contributed by atoms with Crippen molar-refractivity contribution in [3.8, 4) is 28.6 Å². The Hall–Kier alpha value is -3.41. The number of nitrogens with zero attached hydrogens (tertiary/aromatic N) is 2. The van der Waals surface area contributed by atoms with Crippen LogP contribution in [0.1, 0.15) is 10.4 Å². The summed E-state index contributed by atoms with van der Waals surface area (Å²) in [5, 5.41) is 0. The normalized spacial score (nSPS) is 10.2. The lowest BCUT2D eigenvalue weighted by Gasteiger charge is -2.06. The highest BCUT2D eigenvalue weighted by atomic mass is 16.5. The second-order valence-corrected chi connectivity index (χ2v) is 5.10. The van der Waals surface area contributed by atoms with Crippen LogP contribution in [0.2, 0.25) is 0 Å². The third-order valence-corrected chi connectivity index (χ3v) is 3.54. The largest absolute Gasteiger partial charge is 0.497 e. The Morgan fingerprint density at radius 3 is 1.96 bits per heavy atom. The summed E-state index contributed by atoms with van der Waals surface area (Å²) >= 11 is 0. The van der Waals surface area contributed by atoms with Crippen LogP contribution in [-0.2, 0) is 4.74 Å². The highest BCUT2D eigenvalue weighted by molar-refractivity contribution is 5.89. The van der Waals surface area contributed by atoms with Crippen LogP contribution >= 0.6 is 0 Å². The van der Waals surface area contributed by atoms with Gasteiger partial charge in [-0.2, -0.15) is 0 Å². The molecule has 0 spiro atoms. The predicted molar refractivity (Wildman–Crippen MR) is 91.9 cm³/mol. The monoisotopic (exact) mass is 336 g/mol. The maximum absolute atomic E-state index is 11.4. The first kappa shape index (κ1) is 16.4. The summed E-state index contributed by atoms with van der Waals surface area (Å²) in [7, 11) is 2.96. The Kier molecular flexibility index (Phi) is 4.89. The van der Waals surface area contributed by atoms with Crippen LogP contribution in [0, 0.1) is 0 Å². The molecular weight excluding hydrogens is 320 g/mol. The molecule has 6 nitrogen and oxygen atoms in total. The third-order valence-electron chi connectivity index (χ3n) is 3.54. The van der Waals surface area contributed by atoms with E-state index in [1.165, 1.54) is 7.11 Å². The molecule has 1 heterocycles. The van der Waals surface area contributed by atoms with Crippen molar-refractivity contribution in [2.75, 3.05) is 14.2 Å². The first-order valence-electron chi connectivity index (χ1n) is 7.52. The van der Waals surface area contributed by atoms with E-state index in [1.807, 2.05) is 12.1 Å². The summed E-state index contributed by atoms with van der Waals surface area (Å²) in [6.07, 6.45) is 3.33. The van der Waals surface area contributed by atoms with Gasteiger partial charge in [0.25, 0.3) is 0 Å². The third kappa shape index (κ3) is 3.92. The molecule has 0 saturated heterocycles.